The van der Waals surface area contributed by atoms with Gasteiger partial charge >= 0.3 is 0 Å². The number of nitrogens with one attached hydrogen (secondary N) is 1. The van der Waals surface area contributed by atoms with Gasteiger partial charge in [0.1, 0.15) is 12.1 Å². The molecule has 1 aromatic heterocycles. The standard InChI is InChI=1S/C14H12N4/c1-18-6-2-3-14(18)10-17-13-5-4-11(8-15)12(7-13)9-16/h2-7,17H,10H2,1H3. The van der Waals surface area contributed by atoms with E-state index in [2.05, 4.69) is 5.32 Å². The molecule has 0 bridgehead atoms. The van der Waals surface area contributed by atoms with Crippen molar-refractivity contribution < 1.29 is 0 Å². The summed E-state index contributed by atoms with van der Waals surface area (Å²) in [6, 6.07) is 13.2. The zero-order valence-electron chi connectivity index (χ0n) is 10.0. The molecule has 0 saturated heterocycles. The lowest BCUT2D eigenvalue weighted by molar-refractivity contribution is 0.842. The van der Waals surface area contributed by atoms with Crippen molar-refractivity contribution in [1.82, 2.24) is 4.57 Å². The van der Waals surface area contributed by atoms with Gasteiger partial charge in [-0.15, -0.1) is 0 Å². The molecule has 0 aliphatic heterocycles. The van der Waals surface area contributed by atoms with Crippen LogP contribution >= 0.6 is 0 Å². The van der Waals surface area contributed by atoms with Crippen LogP contribution in [0.4, 0.5) is 5.69 Å². The second-order valence-electron chi connectivity index (χ2n) is 3.95. The van der Waals surface area contributed by atoms with Crippen LogP contribution in [0.1, 0.15) is 16.8 Å². The average Bonchev–Trinajstić information content (AvgIpc) is 2.81. The minimum absolute atomic E-state index is 0.398. The Balaban J connectivity index is 2.14. The minimum atomic E-state index is 0.398. The zero-order chi connectivity index (χ0) is 13.0. The zero-order valence-corrected chi connectivity index (χ0v) is 10.0. The van der Waals surface area contributed by atoms with Gasteiger partial charge in [-0.2, -0.15) is 10.5 Å². The number of benzene rings is 1. The van der Waals surface area contributed by atoms with Crippen LogP contribution in [0.5, 0.6) is 0 Å². The number of aromatic nitrogens is 1. The number of rotatable bonds is 3. The van der Waals surface area contributed by atoms with Crippen molar-refractivity contribution in [3.05, 3.63) is 53.3 Å². The van der Waals surface area contributed by atoms with E-state index >= 15 is 0 Å². The maximum atomic E-state index is 8.94. The van der Waals surface area contributed by atoms with E-state index < -0.39 is 0 Å². The van der Waals surface area contributed by atoms with Crippen molar-refractivity contribution in [2.45, 2.75) is 6.54 Å². The Labute approximate surface area is 106 Å². The van der Waals surface area contributed by atoms with Gasteiger partial charge in [0.25, 0.3) is 0 Å². The molecule has 0 spiro atoms. The van der Waals surface area contributed by atoms with E-state index in [1.54, 1.807) is 12.1 Å². The van der Waals surface area contributed by atoms with Crippen LogP contribution in [0.25, 0.3) is 0 Å². The van der Waals surface area contributed by atoms with E-state index in [0.717, 1.165) is 11.4 Å². The number of hydrogen-bond donors (Lipinski definition) is 1. The smallest absolute Gasteiger partial charge is 0.101 e. The lowest BCUT2D eigenvalue weighted by atomic mass is 10.1. The first kappa shape index (κ1) is 11.8. The van der Waals surface area contributed by atoms with Crippen molar-refractivity contribution >= 4 is 5.69 Å². The fourth-order valence-electron chi connectivity index (χ4n) is 1.72. The van der Waals surface area contributed by atoms with Crippen LogP contribution in [0, 0.1) is 22.7 Å². The maximum absolute atomic E-state index is 8.94. The van der Waals surface area contributed by atoms with E-state index in [-0.39, 0.29) is 0 Å². The molecule has 0 saturated carbocycles. The van der Waals surface area contributed by atoms with Gasteiger partial charge in [-0.05, 0) is 30.3 Å². The topological polar surface area (TPSA) is 64.5 Å². The molecule has 2 aromatic rings. The highest BCUT2D eigenvalue weighted by molar-refractivity contribution is 5.56. The number of aryl methyl sites for hydroxylation is 1. The first-order valence-corrected chi connectivity index (χ1v) is 5.53. The summed E-state index contributed by atoms with van der Waals surface area (Å²) in [7, 11) is 1.98. The lowest BCUT2D eigenvalue weighted by Gasteiger charge is -2.08. The van der Waals surface area contributed by atoms with Gasteiger partial charge in [0.2, 0.25) is 0 Å². The quantitative estimate of drug-likeness (QED) is 0.889. The summed E-state index contributed by atoms with van der Waals surface area (Å²) in [6.07, 6.45) is 1.98. The lowest BCUT2D eigenvalue weighted by Crippen LogP contribution is -2.04. The third kappa shape index (κ3) is 2.34. The molecule has 4 nitrogen and oxygen atoms in total. The first-order chi connectivity index (χ1) is 8.74. The highest BCUT2D eigenvalue weighted by atomic mass is 15.0. The Morgan fingerprint density at radius 1 is 1.17 bits per heavy atom. The summed E-state index contributed by atoms with van der Waals surface area (Å²) >= 11 is 0. The summed E-state index contributed by atoms with van der Waals surface area (Å²) in [6.45, 7) is 0.681. The molecule has 0 atom stereocenters. The van der Waals surface area contributed by atoms with Gasteiger partial charge in [0.15, 0.2) is 0 Å². The predicted molar refractivity (Wildman–Crippen MR) is 68.6 cm³/mol. The maximum Gasteiger partial charge on any atom is 0.101 e. The van der Waals surface area contributed by atoms with Crippen LogP contribution in [-0.2, 0) is 13.6 Å². The second kappa shape index (κ2) is 5.07. The Bertz CT molecular complexity index is 641. The van der Waals surface area contributed by atoms with E-state index in [1.807, 2.05) is 48.1 Å². The molecular formula is C14H12N4. The summed E-state index contributed by atoms with van der Waals surface area (Å²) < 4.78 is 2.03. The van der Waals surface area contributed by atoms with Gasteiger partial charge < -0.3 is 9.88 Å². The molecule has 1 N–H and O–H groups in total. The van der Waals surface area contributed by atoms with Crippen LogP contribution in [0.15, 0.2) is 36.5 Å². The van der Waals surface area contributed by atoms with Crippen molar-refractivity contribution in [2.24, 2.45) is 7.05 Å². The van der Waals surface area contributed by atoms with Crippen LogP contribution in [0.2, 0.25) is 0 Å². The van der Waals surface area contributed by atoms with Gasteiger partial charge in [0, 0.05) is 24.6 Å². The molecule has 0 radical (unpaired) electrons. The number of nitriles is 2. The molecule has 88 valence electrons. The molecule has 18 heavy (non-hydrogen) atoms. The number of nitrogens with zero attached hydrogens (tertiary/aromatic N) is 3. The Hall–Kier alpha value is -2.72. The molecule has 0 aliphatic rings. The highest BCUT2D eigenvalue weighted by Gasteiger charge is 2.03. The predicted octanol–water partition coefficient (Wildman–Crippen LogP) is 2.38. The van der Waals surface area contributed by atoms with Crippen molar-refractivity contribution in [1.29, 1.82) is 10.5 Å². The van der Waals surface area contributed by atoms with Gasteiger partial charge in [-0.1, -0.05) is 0 Å². The second-order valence-corrected chi connectivity index (χ2v) is 3.95. The summed E-state index contributed by atoms with van der Waals surface area (Å²) in [5, 5.41) is 21.0. The molecule has 0 aliphatic carbocycles. The summed E-state index contributed by atoms with van der Waals surface area (Å²) in [5.74, 6) is 0. The number of anilines is 1. The van der Waals surface area contributed by atoms with Crippen LogP contribution in [0.3, 0.4) is 0 Å². The monoisotopic (exact) mass is 236 g/mol. The highest BCUT2D eigenvalue weighted by Crippen LogP contribution is 2.15. The van der Waals surface area contributed by atoms with Crippen molar-refractivity contribution in [3.8, 4) is 12.1 Å². The van der Waals surface area contributed by atoms with Crippen LogP contribution < -0.4 is 5.32 Å². The molecular weight excluding hydrogens is 224 g/mol. The Morgan fingerprint density at radius 2 is 1.94 bits per heavy atom. The van der Waals surface area contributed by atoms with Gasteiger partial charge in [0.05, 0.1) is 17.7 Å². The third-order valence-corrected chi connectivity index (χ3v) is 2.79. The molecule has 1 aromatic carbocycles. The summed E-state index contributed by atoms with van der Waals surface area (Å²) in [5.41, 5.74) is 2.79. The Morgan fingerprint density at radius 3 is 2.56 bits per heavy atom. The molecule has 0 amide bonds. The minimum Gasteiger partial charge on any atom is -0.379 e. The molecule has 1 heterocycles. The molecule has 2 rings (SSSR count). The van der Waals surface area contributed by atoms with E-state index in [1.165, 1.54) is 0 Å². The third-order valence-electron chi connectivity index (χ3n) is 2.79. The van der Waals surface area contributed by atoms with Gasteiger partial charge in [-0.3, -0.25) is 0 Å². The van der Waals surface area contributed by atoms with Crippen molar-refractivity contribution in [3.63, 3.8) is 0 Å². The SMILES string of the molecule is Cn1cccc1CNc1ccc(C#N)c(C#N)c1. The first-order valence-electron chi connectivity index (χ1n) is 5.53. The van der Waals surface area contributed by atoms with Crippen LogP contribution in [-0.4, -0.2) is 4.57 Å². The molecule has 4 heteroatoms. The van der Waals surface area contributed by atoms with E-state index in [4.69, 9.17) is 10.5 Å². The fraction of sp³-hybridized carbons (Fsp3) is 0.143. The van der Waals surface area contributed by atoms with E-state index in [9.17, 15) is 0 Å². The molecule has 0 unspecified atom stereocenters. The average molecular weight is 236 g/mol. The van der Waals surface area contributed by atoms with E-state index in [0.29, 0.717) is 17.7 Å². The Kier molecular flexibility index (Phi) is 3.31. The number of hydrogen-bond acceptors (Lipinski definition) is 3. The summed E-state index contributed by atoms with van der Waals surface area (Å²) in [4.78, 5) is 0. The largest absolute Gasteiger partial charge is 0.379 e. The van der Waals surface area contributed by atoms with Crippen molar-refractivity contribution in [2.75, 3.05) is 5.32 Å². The fourth-order valence-corrected chi connectivity index (χ4v) is 1.72. The normalized spacial score (nSPS) is 9.50. The van der Waals surface area contributed by atoms with Gasteiger partial charge in [-0.25, -0.2) is 0 Å². The molecule has 0 fully saturated rings.